The third-order valence-electron chi connectivity index (χ3n) is 7.11. The van der Waals surface area contributed by atoms with Gasteiger partial charge in [0.15, 0.2) is 11.4 Å². The van der Waals surface area contributed by atoms with Gasteiger partial charge in [0.05, 0.1) is 16.6 Å². The molecule has 7 heteroatoms. The summed E-state index contributed by atoms with van der Waals surface area (Å²) in [4.78, 5) is 19.9. The number of carbonyl (C=O) groups is 1. The van der Waals surface area contributed by atoms with Gasteiger partial charge in [0, 0.05) is 38.7 Å². The topological polar surface area (TPSA) is 68.0 Å². The minimum Gasteiger partial charge on any atom is -0.512 e. The number of thiazole rings is 1. The fourth-order valence-electron chi connectivity index (χ4n) is 5.21. The Balaban J connectivity index is 0.000000638. The third kappa shape index (κ3) is 7.50. The van der Waals surface area contributed by atoms with Crippen molar-refractivity contribution >= 4 is 38.4 Å². The van der Waals surface area contributed by atoms with Crippen LogP contribution in [0.4, 0.5) is 0 Å². The molecule has 0 spiro atoms. The van der Waals surface area contributed by atoms with Gasteiger partial charge in [-0.25, -0.2) is 4.98 Å². The van der Waals surface area contributed by atoms with Crippen LogP contribution in [0.25, 0.3) is 49.5 Å². The maximum Gasteiger partial charge on any atom is 0.180 e. The van der Waals surface area contributed by atoms with E-state index in [0.717, 1.165) is 55.6 Å². The van der Waals surface area contributed by atoms with Crippen LogP contribution < -0.4 is 0 Å². The maximum absolute atomic E-state index is 10.0. The van der Waals surface area contributed by atoms with Crippen molar-refractivity contribution in [3.8, 4) is 28.2 Å². The van der Waals surface area contributed by atoms with Crippen molar-refractivity contribution in [1.82, 2.24) is 14.5 Å². The first-order chi connectivity index (χ1) is 22.8. The number of fused-ring (bicyclic) bond motifs is 2. The number of benzene rings is 4. The van der Waals surface area contributed by atoms with Gasteiger partial charge in [0.1, 0.15) is 4.83 Å². The molecular formula is C38H38IrN3O2S-. The fraction of sp³-hybridized carbons (Fsp3) is 0.237. The molecule has 5 nitrogen and oxygen atoms in total. The largest absolute Gasteiger partial charge is 0.512 e. The predicted molar refractivity (Wildman–Crippen MR) is 184 cm³/mol. The first-order valence-corrected chi connectivity index (χ1v) is 15.1. The summed E-state index contributed by atoms with van der Waals surface area (Å²) < 4.78 is 43.3. The number of imidazole rings is 1. The van der Waals surface area contributed by atoms with Gasteiger partial charge < -0.3 is 9.67 Å². The van der Waals surface area contributed by atoms with Crippen molar-refractivity contribution in [2.75, 3.05) is 0 Å². The predicted octanol–water partition coefficient (Wildman–Crippen LogP) is 10.4. The van der Waals surface area contributed by atoms with Gasteiger partial charge in [-0.05, 0) is 66.9 Å². The van der Waals surface area contributed by atoms with Crippen molar-refractivity contribution in [3.63, 3.8) is 0 Å². The molecule has 0 saturated carbocycles. The summed E-state index contributed by atoms with van der Waals surface area (Å²) in [6, 6.07) is 29.2. The van der Waals surface area contributed by atoms with Gasteiger partial charge in [0.2, 0.25) is 0 Å². The molecule has 1 N–H and O–H groups in total. The molecule has 0 atom stereocenters. The van der Waals surface area contributed by atoms with E-state index in [-0.39, 0.29) is 36.7 Å². The van der Waals surface area contributed by atoms with Gasteiger partial charge in [-0.3, -0.25) is 9.78 Å². The number of allylic oxidation sites excluding steroid dienone is 2. The maximum atomic E-state index is 10.0. The number of rotatable bonds is 6. The molecule has 0 saturated heterocycles. The molecule has 0 fully saturated rings. The Bertz CT molecular complexity index is 2160. The van der Waals surface area contributed by atoms with Gasteiger partial charge in [-0.2, -0.15) is 0 Å². The first kappa shape index (κ1) is 27.4. The van der Waals surface area contributed by atoms with Crippen LogP contribution in [0, 0.1) is 12.9 Å². The summed E-state index contributed by atoms with van der Waals surface area (Å²) in [5.74, 6) is -1.16. The van der Waals surface area contributed by atoms with Crippen LogP contribution in [0.1, 0.15) is 76.3 Å². The molecule has 45 heavy (non-hydrogen) atoms. The number of hydrogen-bond acceptors (Lipinski definition) is 5. The number of ketones is 1. The molecule has 1 radical (unpaired) electrons. The third-order valence-corrected chi connectivity index (χ3v) is 7.95. The van der Waals surface area contributed by atoms with Crippen LogP contribution in [0.3, 0.4) is 0 Å². The van der Waals surface area contributed by atoms with Crippen LogP contribution in [0.2, 0.25) is 0 Å². The molecule has 233 valence electrons. The van der Waals surface area contributed by atoms with E-state index in [1.807, 2.05) is 111 Å². The molecule has 0 aliphatic carbocycles. The van der Waals surface area contributed by atoms with Gasteiger partial charge in [-0.1, -0.05) is 99.0 Å². The second kappa shape index (κ2) is 14.5. The smallest absolute Gasteiger partial charge is 0.180 e. The SMILES string of the molecule is CC(=O)/C=C(/C)O.[2H]C([2H])([2H])c1nc2nc(-c3[c-]cc4ccccc4c3)n(-c3ccc(-c4c(C([2H])(C)C)cccc4C([2H])(C)C)cc3)c2s1.[Ir]. The van der Waals surface area contributed by atoms with E-state index in [4.69, 9.17) is 16.9 Å². The monoisotopic (exact) mass is 798 g/mol. The Morgan fingerprint density at radius 1 is 0.956 bits per heavy atom. The van der Waals surface area contributed by atoms with Crippen LogP contribution >= 0.6 is 11.3 Å². The Kier molecular flexibility index (Phi) is 8.81. The Hall–Kier alpha value is -3.90. The van der Waals surface area contributed by atoms with Crippen molar-refractivity contribution in [1.29, 1.82) is 0 Å². The van der Waals surface area contributed by atoms with E-state index in [1.54, 1.807) is 0 Å². The average molecular weight is 798 g/mol. The summed E-state index contributed by atoms with van der Waals surface area (Å²) >= 11 is 1.12. The van der Waals surface area contributed by atoms with E-state index in [2.05, 4.69) is 11.1 Å². The summed E-state index contributed by atoms with van der Waals surface area (Å²) in [7, 11) is 0. The molecule has 6 rings (SSSR count). The summed E-state index contributed by atoms with van der Waals surface area (Å²) in [6.07, 6.45) is 1.17. The molecule has 6 aromatic rings. The number of nitrogens with zero attached hydrogens (tertiary/aromatic N) is 3. The minimum absolute atomic E-state index is 0. The van der Waals surface area contributed by atoms with Crippen molar-refractivity contribution in [3.05, 3.63) is 113 Å². The average Bonchev–Trinajstić information content (AvgIpc) is 3.58. The van der Waals surface area contributed by atoms with Crippen molar-refractivity contribution < 1.29 is 36.9 Å². The van der Waals surface area contributed by atoms with E-state index in [0.29, 0.717) is 16.3 Å². The van der Waals surface area contributed by atoms with Crippen LogP contribution in [-0.4, -0.2) is 25.4 Å². The van der Waals surface area contributed by atoms with Gasteiger partial charge in [-0.15, -0.1) is 29.1 Å². The van der Waals surface area contributed by atoms with E-state index in [9.17, 15) is 4.79 Å². The zero-order valence-electron chi connectivity index (χ0n) is 31.0. The Labute approximate surface area is 290 Å². The van der Waals surface area contributed by atoms with Gasteiger partial charge >= 0.3 is 0 Å². The summed E-state index contributed by atoms with van der Waals surface area (Å²) in [5.41, 5.74) is 5.47. The standard InChI is InChI=1S/C33H30N3S.C5H8O2.Ir/c1-20(2)28-11-8-12-29(21(3)4)30(28)24-15-17-27(18-16-24)36-32(35-31-33(36)37-22(5)34-31)26-14-13-23-9-6-7-10-25(23)19-26;1-4(6)3-5(2)7;/h6-13,15-21H,1-5H3;3,6H,1-2H3;/q-1;;/b;4-3-;/i5D3,20D,21D;;. The quantitative estimate of drug-likeness (QED) is 0.104. The molecule has 4 aromatic carbocycles. The van der Waals surface area contributed by atoms with Crippen LogP contribution in [0.15, 0.2) is 90.7 Å². The number of aromatic nitrogens is 3. The number of carbonyl (C=O) groups excluding carboxylic acids is 1. The number of hydrogen-bond donors (Lipinski definition) is 1. The van der Waals surface area contributed by atoms with E-state index in [1.165, 1.54) is 19.9 Å². The van der Waals surface area contributed by atoms with Gasteiger partial charge in [0.25, 0.3) is 0 Å². The molecule has 2 aromatic heterocycles. The normalized spacial score (nSPS) is 13.9. The molecule has 0 amide bonds. The second-order valence-corrected chi connectivity index (χ2v) is 12.0. The van der Waals surface area contributed by atoms with E-state index >= 15 is 0 Å². The molecule has 0 aliphatic heterocycles. The zero-order valence-corrected chi connectivity index (χ0v) is 29.2. The van der Waals surface area contributed by atoms with Crippen molar-refractivity contribution in [2.24, 2.45) is 0 Å². The fourth-order valence-corrected chi connectivity index (χ4v) is 5.99. The van der Waals surface area contributed by atoms with Crippen molar-refractivity contribution in [2.45, 2.75) is 60.2 Å². The molecular weight excluding hydrogens is 755 g/mol. The first-order valence-electron chi connectivity index (χ1n) is 16.8. The summed E-state index contributed by atoms with van der Waals surface area (Å²) in [6.45, 7) is 7.97. The number of aliphatic hydroxyl groups is 1. The minimum atomic E-state index is -2.33. The second-order valence-electron chi connectivity index (χ2n) is 11.1. The summed E-state index contributed by atoms with van der Waals surface area (Å²) in [5, 5.41) is 10.5. The number of aryl methyl sites for hydroxylation is 1. The van der Waals surface area contributed by atoms with Crippen LogP contribution in [0.5, 0.6) is 0 Å². The Morgan fingerprint density at radius 3 is 2.16 bits per heavy atom. The van der Waals surface area contributed by atoms with Crippen LogP contribution in [-0.2, 0) is 24.9 Å². The van der Waals surface area contributed by atoms with E-state index < -0.39 is 18.6 Å². The zero-order chi connectivity index (χ0) is 35.9. The molecule has 0 aliphatic rings. The number of aliphatic hydroxyl groups excluding tert-OH is 1. The molecule has 0 bridgehead atoms. The Morgan fingerprint density at radius 2 is 1.60 bits per heavy atom. The molecule has 0 unspecified atom stereocenters. The molecule has 2 heterocycles.